The molecule has 2 heterocycles. The van der Waals surface area contributed by atoms with Crippen LogP contribution in [0.25, 0.3) is 0 Å². The number of nitrogens with one attached hydrogen (secondary N) is 1. The molecule has 14 heteroatoms. The second-order valence-corrected chi connectivity index (χ2v) is 13.4. The Morgan fingerprint density at radius 3 is 2.47 bits per heavy atom. The first-order valence-corrected chi connectivity index (χ1v) is 15.5. The second-order valence-electron chi connectivity index (χ2n) is 11.7. The quantitative estimate of drug-likeness (QED) is 0.162. The molecule has 2 aromatic rings. The van der Waals surface area contributed by atoms with Crippen LogP contribution in [0, 0.1) is 22.0 Å². The third-order valence-corrected chi connectivity index (χ3v) is 9.44. The van der Waals surface area contributed by atoms with E-state index in [0.29, 0.717) is 11.4 Å². The average molecular weight is 619 g/mol. The highest BCUT2D eigenvalue weighted by Gasteiger charge is 2.46. The smallest absolute Gasteiger partial charge is 0.309 e. The van der Waals surface area contributed by atoms with Gasteiger partial charge in [-0.2, -0.15) is 0 Å². The van der Waals surface area contributed by atoms with Gasteiger partial charge in [-0.25, -0.2) is 13.1 Å². The lowest BCUT2D eigenvalue weighted by atomic mass is 9.90. The predicted molar refractivity (Wildman–Crippen MR) is 157 cm³/mol. The standard InChI is InChI=1S/C29H38N4O9S/c1-19(2)20-14-25(42-28(20)35)21(30-43(38,39)26-13-9-7-11-23(26)33(36)37)15-31-16-27(34)32(17-29(31,3)4)22-10-6-8-12-24(22)41-18-40-5/h6-13,19-21,25,30H,14-18H2,1-5H3/t20-,21-,25-/m0/s1. The zero-order valence-corrected chi connectivity index (χ0v) is 25.7. The summed E-state index contributed by atoms with van der Waals surface area (Å²) < 4.78 is 46.1. The lowest BCUT2D eigenvalue weighted by Gasteiger charge is -2.48. The molecule has 2 aliphatic rings. The molecule has 2 fully saturated rings. The Labute approximate surface area is 251 Å². The average Bonchev–Trinajstić information content (AvgIpc) is 3.35. The van der Waals surface area contributed by atoms with Crippen molar-refractivity contribution in [2.45, 2.75) is 56.7 Å². The number of carbonyl (C=O) groups excluding carboxylic acids is 2. The van der Waals surface area contributed by atoms with E-state index >= 15 is 0 Å². The molecule has 234 valence electrons. The van der Waals surface area contributed by atoms with E-state index in [1.54, 1.807) is 29.2 Å². The van der Waals surface area contributed by atoms with Gasteiger partial charge in [-0.15, -0.1) is 0 Å². The van der Waals surface area contributed by atoms with Crippen LogP contribution >= 0.6 is 0 Å². The van der Waals surface area contributed by atoms with Crippen LogP contribution in [-0.2, 0) is 29.1 Å². The van der Waals surface area contributed by atoms with Crippen LogP contribution < -0.4 is 14.4 Å². The number of benzene rings is 2. The number of methoxy groups -OCH3 is 1. The zero-order chi connectivity index (χ0) is 31.5. The second kappa shape index (κ2) is 13.0. The molecule has 2 aromatic carbocycles. The molecule has 3 atom stereocenters. The number of nitro groups is 1. The van der Waals surface area contributed by atoms with E-state index in [1.807, 2.05) is 32.6 Å². The molecule has 0 aliphatic carbocycles. The van der Waals surface area contributed by atoms with Gasteiger partial charge >= 0.3 is 5.97 Å². The number of anilines is 1. The molecule has 1 amide bonds. The van der Waals surface area contributed by atoms with Gasteiger partial charge in [0.25, 0.3) is 5.69 Å². The Morgan fingerprint density at radius 2 is 1.81 bits per heavy atom. The van der Waals surface area contributed by atoms with E-state index in [9.17, 15) is 28.1 Å². The number of amides is 1. The number of carbonyl (C=O) groups is 2. The number of hydrogen-bond donors (Lipinski definition) is 1. The van der Waals surface area contributed by atoms with Crippen molar-refractivity contribution in [3.63, 3.8) is 0 Å². The topological polar surface area (TPSA) is 158 Å². The number of esters is 1. The number of ether oxygens (including phenoxy) is 3. The highest BCUT2D eigenvalue weighted by atomic mass is 32.2. The monoisotopic (exact) mass is 618 g/mol. The number of nitro benzene ring substituents is 1. The Balaban J connectivity index is 1.63. The third kappa shape index (κ3) is 7.15. The number of sulfonamides is 1. The molecule has 0 aromatic heterocycles. The fourth-order valence-corrected chi connectivity index (χ4v) is 6.91. The molecule has 0 radical (unpaired) electrons. The number of cyclic esters (lactones) is 1. The van der Waals surface area contributed by atoms with Gasteiger partial charge in [0.1, 0.15) is 11.9 Å². The van der Waals surface area contributed by atoms with Crippen LogP contribution in [-0.4, -0.2) is 81.3 Å². The van der Waals surface area contributed by atoms with Crippen molar-refractivity contribution in [3.05, 3.63) is 58.6 Å². The molecular weight excluding hydrogens is 580 g/mol. The summed E-state index contributed by atoms with van der Waals surface area (Å²) in [4.78, 5) is 40.1. The molecule has 2 saturated heterocycles. The summed E-state index contributed by atoms with van der Waals surface area (Å²) in [6.45, 7) is 7.83. The maximum Gasteiger partial charge on any atom is 0.309 e. The summed E-state index contributed by atoms with van der Waals surface area (Å²) in [5, 5.41) is 11.6. The number of nitrogens with zero attached hydrogens (tertiary/aromatic N) is 3. The SMILES string of the molecule is COCOc1ccccc1N1CC(C)(C)N(C[C@H](NS(=O)(=O)c2ccccc2[N+](=O)[O-])[C@@H]2C[C@@H](C(C)C)C(=O)O2)CC1=O. The minimum Gasteiger partial charge on any atom is -0.465 e. The number of hydrogen-bond acceptors (Lipinski definition) is 10. The van der Waals surface area contributed by atoms with Crippen molar-refractivity contribution in [1.82, 2.24) is 9.62 Å². The van der Waals surface area contributed by atoms with E-state index in [0.717, 1.165) is 12.1 Å². The van der Waals surface area contributed by atoms with Gasteiger partial charge in [0.2, 0.25) is 15.9 Å². The van der Waals surface area contributed by atoms with Crippen LogP contribution in [0.4, 0.5) is 11.4 Å². The van der Waals surface area contributed by atoms with Gasteiger partial charge in [-0.1, -0.05) is 38.1 Å². The first kappa shape index (κ1) is 32.3. The highest BCUT2D eigenvalue weighted by Crippen LogP contribution is 2.35. The van der Waals surface area contributed by atoms with Crippen molar-refractivity contribution in [1.29, 1.82) is 0 Å². The van der Waals surface area contributed by atoms with E-state index in [2.05, 4.69) is 4.72 Å². The summed E-state index contributed by atoms with van der Waals surface area (Å²) in [5.41, 5.74) is -0.656. The Kier molecular flexibility index (Phi) is 9.74. The fraction of sp³-hybridized carbons (Fsp3) is 0.517. The Bertz CT molecular complexity index is 1460. The van der Waals surface area contributed by atoms with Crippen molar-refractivity contribution in [3.8, 4) is 5.75 Å². The fourth-order valence-electron chi connectivity index (χ4n) is 5.48. The van der Waals surface area contributed by atoms with Crippen molar-refractivity contribution < 1.29 is 37.1 Å². The zero-order valence-electron chi connectivity index (χ0n) is 24.9. The molecule has 4 rings (SSSR count). The van der Waals surface area contributed by atoms with Crippen molar-refractivity contribution >= 4 is 33.3 Å². The van der Waals surface area contributed by atoms with Crippen LogP contribution in [0.15, 0.2) is 53.4 Å². The minimum atomic E-state index is -4.43. The molecule has 0 spiro atoms. The summed E-state index contributed by atoms with van der Waals surface area (Å²) >= 11 is 0. The summed E-state index contributed by atoms with van der Waals surface area (Å²) in [6.07, 6.45) is -0.580. The van der Waals surface area contributed by atoms with Gasteiger partial charge in [0, 0.05) is 31.8 Å². The van der Waals surface area contributed by atoms with Crippen LogP contribution in [0.1, 0.15) is 34.1 Å². The Hall–Kier alpha value is -3.59. The molecule has 43 heavy (non-hydrogen) atoms. The number of rotatable bonds is 12. The maximum atomic E-state index is 13.6. The predicted octanol–water partition coefficient (Wildman–Crippen LogP) is 2.94. The minimum absolute atomic E-state index is 0.00738. The van der Waals surface area contributed by atoms with E-state index in [4.69, 9.17) is 14.2 Å². The van der Waals surface area contributed by atoms with Gasteiger partial charge in [0.05, 0.1) is 29.1 Å². The molecular formula is C29H38N4O9S. The molecule has 0 unspecified atom stereocenters. The summed E-state index contributed by atoms with van der Waals surface area (Å²) in [7, 11) is -2.93. The number of piperazine rings is 1. The van der Waals surface area contributed by atoms with E-state index in [1.165, 1.54) is 19.2 Å². The molecule has 0 bridgehead atoms. The van der Waals surface area contributed by atoms with Gasteiger partial charge in [-0.3, -0.25) is 24.6 Å². The van der Waals surface area contributed by atoms with Crippen LogP contribution in [0.3, 0.4) is 0 Å². The van der Waals surface area contributed by atoms with E-state index in [-0.39, 0.29) is 44.7 Å². The number of para-hydroxylation sites is 3. The maximum absolute atomic E-state index is 13.6. The van der Waals surface area contributed by atoms with Gasteiger partial charge in [-0.05, 0) is 44.4 Å². The van der Waals surface area contributed by atoms with Crippen molar-refractivity contribution in [2.75, 3.05) is 38.4 Å². The highest BCUT2D eigenvalue weighted by molar-refractivity contribution is 7.89. The third-order valence-electron chi connectivity index (χ3n) is 7.90. The first-order chi connectivity index (χ1) is 20.2. The van der Waals surface area contributed by atoms with Crippen molar-refractivity contribution in [2.24, 2.45) is 11.8 Å². The first-order valence-electron chi connectivity index (χ1n) is 14.0. The largest absolute Gasteiger partial charge is 0.465 e. The van der Waals surface area contributed by atoms with Gasteiger partial charge in [0.15, 0.2) is 11.7 Å². The van der Waals surface area contributed by atoms with Crippen LogP contribution in [0.5, 0.6) is 5.75 Å². The molecule has 0 saturated carbocycles. The lowest BCUT2D eigenvalue weighted by Crippen LogP contribution is -2.65. The molecule has 13 nitrogen and oxygen atoms in total. The molecule has 1 N–H and O–H groups in total. The summed E-state index contributed by atoms with van der Waals surface area (Å²) in [6, 6.07) is 11.2. The lowest BCUT2D eigenvalue weighted by molar-refractivity contribution is -0.387. The van der Waals surface area contributed by atoms with Gasteiger partial charge < -0.3 is 19.1 Å². The van der Waals surface area contributed by atoms with Crippen LogP contribution in [0.2, 0.25) is 0 Å². The van der Waals surface area contributed by atoms with E-state index < -0.39 is 55.1 Å². The Morgan fingerprint density at radius 1 is 1.14 bits per heavy atom. The normalized spacial score (nSPS) is 21.6. The molecule has 2 aliphatic heterocycles. The summed E-state index contributed by atoms with van der Waals surface area (Å²) in [5.74, 6) is -0.654.